The Morgan fingerprint density at radius 1 is 1.11 bits per heavy atom. The highest BCUT2D eigenvalue weighted by Crippen LogP contribution is 2.34. The second-order valence-electron chi connectivity index (χ2n) is 8.29. The molecule has 10 nitrogen and oxygen atoms in total. The van der Waals surface area contributed by atoms with E-state index >= 15 is 0 Å². The zero-order valence-electron chi connectivity index (χ0n) is 20.0. The van der Waals surface area contributed by atoms with Gasteiger partial charge in [-0.3, -0.25) is 14.3 Å². The van der Waals surface area contributed by atoms with E-state index in [9.17, 15) is 18.0 Å². The SMILES string of the molecule is O=C(NCCN1CCOCC1)c1coc(CSc2nnc(-c3ccco3)n2-c2cccc(C(F)(F)F)c2)n1. The molecule has 1 N–H and O–H groups in total. The fourth-order valence-corrected chi connectivity index (χ4v) is 4.64. The number of rotatable bonds is 9. The Morgan fingerprint density at radius 2 is 1.95 bits per heavy atom. The number of hydrogen-bond acceptors (Lipinski definition) is 9. The molecule has 1 aliphatic rings. The Hall–Kier alpha value is -3.62. The number of oxazole rings is 1. The highest BCUT2D eigenvalue weighted by Gasteiger charge is 2.31. The largest absolute Gasteiger partial charge is 0.461 e. The van der Waals surface area contributed by atoms with Gasteiger partial charge in [0.05, 0.1) is 36.5 Å². The topological polar surface area (TPSA) is 111 Å². The number of furan rings is 1. The van der Waals surface area contributed by atoms with Crippen LogP contribution in [-0.2, 0) is 16.7 Å². The zero-order valence-corrected chi connectivity index (χ0v) is 20.8. The lowest BCUT2D eigenvalue weighted by molar-refractivity contribution is -0.137. The van der Waals surface area contributed by atoms with E-state index < -0.39 is 11.7 Å². The number of benzene rings is 1. The van der Waals surface area contributed by atoms with Gasteiger partial charge in [0.25, 0.3) is 5.91 Å². The molecule has 0 saturated carbocycles. The molecule has 0 atom stereocenters. The van der Waals surface area contributed by atoms with Gasteiger partial charge in [-0.25, -0.2) is 4.98 Å². The number of aromatic nitrogens is 4. The van der Waals surface area contributed by atoms with E-state index in [-0.39, 0.29) is 34.8 Å². The van der Waals surface area contributed by atoms with Crippen molar-refractivity contribution in [2.24, 2.45) is 0 Å². The maximum atomic E-state index is 13.4. The summed E-state index contributed by atoms with van der Waals surface area (Å²) in [6.07, 6.45) is -1.81. The Labute approximate surface area is 219 Å². The lowest BCUT2D eigenvalue weighted by Gasteiger charge is -2.26. The zero-order chi connectivity index (χ0) is 26.5. The summed E-state index contributed by atoms with van der Waals surface area (Å²) in [5, 5.41) is 11.4. The Balaban J connectivity index is 1.28. The molecule has 4 heterocycles. The number of nitrogens with zero attached hydrogens (tertiary/aromatic N) is 5. The second-order valence-corrected chi connectivity index (χ2v) is 9.23. The molecule has 38 heavy (non-hydrogen) atoms. The number of carbonyl (C=O) groups is 1. The van der Waals surface area contributed by atoms with E-state index in [1.807, 2.05) is 0 Å². The molecule has 5 rings (SSSR count). The van der Waals surface area contributed by atoms with Crippen molar-refractivity contribution in [3.8, 4) is 17.3 Å². The molecular weight excluding hydrogens is 525 g/mol. The van der Waals surface area contributed by atoms with Crippen LogP contribution in [0.25, 0.3) is 17.3 Å². The van der Waals surface area contributed by atoms with Crippen LogP contribution in [0.3, 0.4) is 0 Å². The maximum absolute atomic E-state index is 13.4. The van der Waals surface area contributed by atoms with Crippen molar-refractivity contribution in [2.45, 2.75) is 17.1 Å². The third-order valence-electron chi connectivity index (χ3n) is 5.73. The van der Waals surface area contributed by atoms with Crippen LogP contribution in [0, 0.1) is 0 Å². The number of alkyl halides is 3. The fourth-order valence-electron chi connectivity index (χ4n) is 3.83. The first-order chi connectivity index (χ1) is 18.4. The Bertz CT molecular complexity index is 1370. The van der Waals surface area contributed by atoms with Gasteiger partial charge >= 0.3 is 6.18 Å². The van der Waals surface area contributed by atoms with E-state index in [0.717, 1.165) is 37.0 Å². The van der Waals surface area contributed by atoms with E-state index in [1.54, 1.807) is 12.1 Å². The molecule has 1 aromatic carbocycles. The van der Waals surface area contributed by atoms with Crippen LogP contribution in [0.5, 0.6) is 0 Å². The first kappa shape index (κ1) is 26.0. The summed E-state index contributed by atoms with van der Waals surface area (Å²) in [5.41, 5.74) is -0.452. The summed E-state index contributed by atoms with van der Waals surface area (Å²) in [4.78, 5) is 18.9. The van der Waals surface area contributed by atoms with Crippen molar-refractivity contribution in [1.29, 1.82) is 0 Å². The molecule has 0 bridgehead atoms. The van der Waals surface area contributed by atoms with Crippen LogP contribution in [-0.4, -0.2) is 69.9 Å². The monoisotopic (exact) mass is 548 g/mol. The van der Waals surface area contributed by atoms with Gasteiger partial charge in [0, 0.05) is 26.2 Å². The van der Waals surface area contributed by atoms with Gasteiger partial charge in [-0.15, -0.1) is 10.2 Å². The molecule has 3 aromatic heterocycles. The van der Waals surface area contributed by atoms with Gasteiger partial charge in [-0.05, 0) is 30.3 Å². The van der Waals surface area contributed by atoms with Crippen molar-refractivity contribution >= 4 is 17.7 Å². The second kappa shape index (κ2) is 11.4. The number of amides is 1. The molecule has 0 spiro atoms. The lowest BCUT2D eigenvalue weighted by atomic mass is 10.2. The quantitative estimate of drug-likeness (QED) is 0.312. The average Bonchev–Trinajstić information content (AvgIpc) is 3.68. The van der Waals surface area contributed by atoms with E-state index in [1.165, 1.54) is 29.2 Å². The van der Waals surface area contributed by atoms with Crippen molar-refractivity contribution in [2.75, 3.05) is 39.4 Å². The Morgan fingerprint density at radius 3 is 2.71 bits per heavy atom. The predicted molar refractivity (Wildman–Crippen MR) is 130 cm³/mol. The summed E-state index contributed by atoms with van der Waals surface area (Å²) in [6, 6.07) is 8.14. The predicted octanol–water partition coefficient (Wildman–Crippen LogP) is 3.89. The van der Waals surface area contributed by atoms with Gasteiger partial charge in [0.15, 0.2) is 16.6 Å². The van der Waals surface area contributed by atoms with Crippen LogP contribution in [0.15, 0.2) is 62.9 Å². The van der Waals surface area contributed by atoms with Crippen LogP contribution in [0.1, 0.15) is 21.9 Å². The molecule has 1 fully saturated rings. The molecule has 0 radical (unpaired) electrons. The number of nitrogens with one attached hydrogen (secondary N) is 1. The minimum absolute atomic E-state index is 0.137. The van der Waals surface area contributed by atoms with E-state index in [4.69, 9.17) is 13.6 Å². The summed E-state index contributed by atoms with van der Waals surface area (Å²) in [6.45, 7) is 4.19. The molecule has 200 valence electrons. The number of carbonyl (C=O) groups excluding carboxylic acids is 1. The number of halogens is 3. The average molecular weight is 549 g/mol. The lowest BCUT2D eigenvalue weighted by Crippen LogP contribution is -2.41. The molecule has 1 amide bonds. The summed E-state index contributed by atoms with van der Waals surface area (Å²) >= 11 is 1.15. The molecule has 1 saturated heterocycles. The number of hydrogen-bond donors (Lipinski definition) is 1. The fraction of sp³-hybridized carbons (Fsp3) is 0.333. The van der Waals surface area contributed by atoms with Gasteiger partial charge in [0.2, 0.25) is 11.7 Å². The number of morpholine rings is 1. The molecule has 4 aromatic rings. The van der Waals surface area contributed by atoms with Gasteiger partial charge < -0.3 is 18.9 Å². The van der Waals surface area contributed by atoms with Gasteiger partial charge in [-0.2, -0.15) is 13.2 Å². The smallest absolute Gasteiger partial charge is 0.416 e. The summed E-state index contributed by atoms with van der Waals surface area (Å²) in [7, 11) is 0. The molecule has 0 unspecified atom stereocenters. The van der Waals surface area contributed by atoms with Crippen molar-refractivity contribution in [1.82, 2.24) is 30.0 Å². The third-order valence-corrected chi connectivity index (χ3v) is 6.65. The highest BCUT2D eigenvalue weighted by molar-refractivity contribution is 7.98. The standard InChI is InChI=1S/C24H23F3N6O4S/c25-24(26,27)16-3-1-4-17(13-16)33-21(19-5-2-10-36-19)30-31-23(33)38-15-20-29-18(14-37-20)22(34)28-6-7-32-8-11-35-12-9-32/h1-5,10,13-14H,6-9,11-12,15H2,(H,28,34). The van der Waals surface area contributed by atoms with Crippen molar-refractivity contribution < 1.29 is 31.5 Å². The number of thioether (sulfide) groups is 1. The van der Waals surface area contributed by atoms with Crippen LogP contribution >= 0.6 is 11.8 Å². The molecule has 14 heteroatoms. The Kier molecular flexibility index (Phi) is 7.81. The first-order valence-corrected chi connectivity index (χ1v) is 12.7. The summed E-state index contributed by atoms with van der Waals surface area (Å²) in [5.74, 6) is 0.645. The first-order valence-electron chi connectivity index (χ1n) is 11.7. The molecular formula is C24H23F3N6O4S. The van der Waals surface area contributed by atoms with Crippen LogP contribution < -0.4 is 5.32 Å². The van der Waals surface area contributed by atoms with Crippen LogP contribution in [0.2, 0.25) is 0 Å². The van der Waals surface area contributed by atoms with Crippen LogP contribution in [0.4, 0.5) is 13.2 Å². The number of ether oxygens (including phenoxy) is 1. The highest BCUT2D eigenvalue weighted by atomic mass is 32.2. The summed E-state index contributed by atoms with van der Waals surface area (Å²) < 4.78 is 57.8. The minimum atomic E-state index is -4.51. The normalized spacial score (nSPS) is 14.6. The van der Waals surface area contributed by atoms with Gasteiger partial charge in [0.1, 0.15) is 6.26 Å². The minimum Gasteiger partial charge on any atom is -0.461 e. The van der Waals surface area contributed by atoms with Crippen molar-refractivity contribution in [3.63, 3.8) is 0 Å². The molecule has 1 aliphatic heterocycles. The maximum Gasteiger partial charge on any atom is 0.416 e. The van der Waals surface area contributed by atoms with E-state index in [0.29, 0.717) is 37.2 Å². The van der Waals surface area contributed by atoms with Crippen molar-refractivity contribution in [3.05, 3.63) is 66.1 Å². The molecule has 0 aliphatic carbocycles. The third kappa shape index (κ3) is 6.09. The van der Waals surface area contributed by atoms with Gasteiger partial charge in [-0.1, -0.05) is 17.8 Å². The van der Waals surface area contributed by atoms with E-state index in [2.05, 4.69) is 25.4 Å².